The highest BCUT2D eigenvalue weighted by molar-refractivity contribution is 7.16. The highest BCUT2D eigenvalue weighted by Gasteiger charge is 2.30. The van der Waals surface area contributed by atoms with Crippen molar-refractivity contribution in [1.82, 2.24) is 9.78 Å². The number of carbonyl (C=O) groups excluding carboxylic acids is 1. The van der Waals surface area contributed by atoms with Crippen LogP contribution in [0.25, 0.3) is 11.3 Å². The first-order valence-corrected chi connectivity index (χ1v) is 9.13. The normalized spacial score (nSPS) is 12.6. The van der Waals surface area contributed by atoms with Crippen molar-refractivity contribution in [2.45, 2.75) is 26.2 Å². The molecule has 6 heteroatoms. The van der Waals surface area contributed by atoms with Crippen LogP contribution in [-0.4, -0.2) is 15.7 Å². The van der Waals surface area contributed by atoms with E-state index in [9.17, 15) is 4.79 Å². The quantitative estimate of drug-likeness (QED) is 0.777. The van der Waals surface area contributed by atoms with Crippen LogP contribution in [-0.2, 0) is 26.3 Å². The molecule has 0 radical (unpaired) electrons. The summed E-state index contributed by atoms with van der Waals surface area (Å²) in [5.74, 6) is 0.345. The van der Waals surface area contributed by atoms with E-state index in [1.165, 1.54) is 22.5 Å². The molecular weight excluding hydrogens is 334 g/mol. The third-order valence-electron chi connectivity index (χ3n) is 4.53. The number of aryl methyl sites for hydroxylation is 3. The Morgan fingerprint density at radius 1 is 1.32 bits per heavy atom. The second-order valence-corrected chi connectivity index (χ2v) is 7.20. The van der Waals surface area contributed by atoms with Gasteiger partial charge in [-0.15, -0.1) is 0 Å². The molecule has 2 heterocycles. The standard InChI is InChI=1S/C19H19N3O2S/c1-3-11-4-7-13(8-5-11)24-19-15-14(17(25-19)18(20)23)9-6-12-10-22(2)21-16(12)15/h4-5,7-8,10H,3,6,9H2,1-2H3,(H2,20,23). The van der Waals surface area contributed by atoms with Gasteiger partial charge in [0.15, 0.2) is 5.06 Å². The minimum absolute atomic E-state index is 0.406. The van der Waals surface area contributed by atoms with Crippen molar-refractivity contribution in [3.63, 3.8) is 0 Å². The van der Waals surface area contributed by atoms with E-state index in [0.29, 0.717) is 9.94 Å². The van der Waals surface area contributed by atoms with Gasteiger partial charge in [0.2, 0.25) is 0 Å². The topological polar surface area (TPSA) is 70.1 Å². The SMILES string of the molecule is CCc1ccc(Oc2sc(C(N)=O)c3c2-c2nn(C)cc2CC3)cc1. The molecule has 1 aliphatic carbocycles. The average molecular weight is 353 g/mol. The largest absolute Gasteiger partial charge is 0.446 e. The van der Waals surface area contributed by atoms with E-state index in [0.717, 1.165) is 41.8 Å². The second-order valence-electron chi connectivity index (χ2n) is 6.21. The monoisotopic (exact) mass is 353 g/mol. The number of benzene rings is 1. The van der Waals surface area contributed by atoms with Gasteiger partial charge in [0, 0.05) is 13.2 Å². The van der Waals surface area contributed by atoms with E-state index in [-0.39, 0.29) is 0 Å². The number of nitrogens with two attached hydrogens (primary N) is 1. The molecule has 128 valence electrons. The number of ether oxygens (including phenoxy) is 1. The molecule has 5 nitrogen and oxygen atoms in total. The van der Waals surface area contributed by atoms with Gasteiger partial charge in [-0.2, -0.15) is 5.10 Å². The zero-order chi connectivity index (χ0) is 17.6. The number of carbonyl (C=O) groups is 1. The Morgan fingerprint density at radius 3 is 2.76 bits per heavy atom. The molecule has 0 fully saturated rings. The maximum absolute atomic E-state index is 11.9. The van der Waals surface area contributed by atoms with Gasteiger partial charge >= 0.3 is 0 Å². The number of amides is 1. The number of aromatic nitrogens is 2. The van der Waals surface area contributed by atoms with Crippen molar-refractivity contribution in [3.05, 3.63) is 52.0 Å². The highest BCUT2D eigenvalue weighted by atomic mass is 32.1. The van der Waals surface area contributed by atoms with E-state index in [4.69, 9.17) is 10.5 Å². The van der Waals surface area contributed by atoms with E-state index in [1.54, 1.807) is 4.68 Å². The minimum Gasteiger partial charge on any atom is -0.446 e. The molecule has 1 amide bonds. The molecule has 2 N–H and O–H groups in total. The summed E-state index contributed by atoms with van der Waals surface area (Å²) in [4.78, 5) is 12.5. The summed E-state index contributed by atoms with van der Waals surface area (Å²) < 4.78 is 7.94. The zero-order valence-corrected chi connectivity index (χ0v) is 15.0. The molecule has 1 aromatic carbocycles. The molecule has 4 rings (SSSR count). The van der Waals surface area contributed by atoms with Crippen molar-refractivity contribution >= 4 is 17.2 Å². The van der Waals surface area contributed by atoms with Crippen LogP contribution in [0.3, 0.4) is 0 Å². The molecule has 2 aromatic heterocycles. The summed E-state index contributed by atoms with van der Waals surface area (Å²) >= 11 is 1.32. The first kappa shape index (κ1) is 15.9. The third-order valence-corrected chi connectivity index (χ3v) is 5.65. The average Bonchev–Trinajstić information content (AvgIpc) is 3.15. The van der Waals surface area contributed by atoms with Crippen molar-refractivity contribution < 1.29 is 9.53 Å². The number of rotatable bonds is 4. The Hall–Kier alpha value is -2.60. The molecule has 0 saturated heterocycles. The van der Waals surface area contributed by atoms with E-state index < -0.39 is 5.91 Å². The van der Waals surface area contributed by atoms with Gasteiger partial charge < -0.3 is 10.5 Å². The molecule has 0 unspecified atom stereocenters. The highest BCUT2D eigenvalue weighted by Crippen LogP contribution is 2.47. The zero-order valence-electron chi connectivity index (χ0n) is 14.2. The first-order chi connectivity index (χ1) is 12.1. The second kappa shape index (κ2) is 6.04. The Morgan fingerprint density at radius 2 is 2.08 bits per heavy atom. The van der Waals surface area contributed by atoms with Crippen LogP contribution < -0.4 is 10.5 Å². The van der Waals surface area contributed by atoms with E-state index in [1.807, 2.05) is 25.4 Å². The van der Waals surface area contributed by atoms with Gasteiger partial charge in [0.25, 0.3) is 5.91 Å². The van der Waals surface area contributed by atoms with Crippen LogP contribution in [0.4, 0.5) is 0 Å². The van der Waals surface area contributed by atoms with Crippen molar-refractivity contribution in [3.8, 4) is 22.1 Å². The molecule has 3 aromatic rings. The predicted molar refractivity (Wildman–Crippen MR) is 98.3 cm³/mol. The summed E-state index contributed by atoms with van der Waals surface area (Å²) in [5.41, 5.74) is 10.8. The number of thiophene rings is 1. The summed E-state index contributed by atoms with van der Waals surface area (Å²) in [6, 6.07) is 8.02. The maximum Gasteiger partial charge on any atom is 0.259 e. The van der Waals surface area contributed by atoms with Gasteiger partial charge in [0.1, 0.15) is 11.4 Å². The summed E-state index contributed by atoms with van der Waals surface area (Å²) in [6.45, 7) is 2.12. The fourth-order valence-electron chi connectivity index (χ4n) is 3.28. The van der Waals surface area contributed by atoms with Gasteiger partial charge in [-0.05, 0) is 48.1 Å². The molecule has 25 heavy (non-hydrogen) atoms. The minimum atomic E-state index is -0.406. The molecule has 1 aliphatic rings. The predicted octanol–water partition coefficient (Wildman–Crippen LogP) is 3.70. The Labute approximate surface area is 150 Å². The molecule has 0 spiro atoms. The fourth-order valence-corrected chi connectivity index (χ4v) is 4.36. The van der Waals surface area contributed by atoms with Crippen molar-refractivity contribution in [1.29, 1.82) is 0 Å². The molecular formula is C19H19N3O2S. The maximum atomic E-state index is 11.9. The third kappa shape index (κ3) is 2.72. The lowest BCUT2D eigenvalue weighted by Gasteiger charge is -2.13. The fraction of sp³-hybridized carbons (Fsp3) is 0.263. The van der Waals surface area contributed by atoms with Crippen LogP contribution in [0.1, 0.15) is 33.3 Å². The van der Waals surface area contributed by atoms with Gasteiger partial charge in [0.05, 0.1) is 10.4 Å². The first-order valence-electron chi connectivity index (χ1n) is 8.32. The van der Waals surface area contributed by atoms with Crippen molar-refractivity contribution in [2.75, 3.05) is 0 Å². The number of primary amides is 1. The summed E-state index contributed by atoms with van der Waals surface area (Å²) in [5, 5.41) is 5.27. The summed E-state index contributed by atoms with van der Waals surface area (Å²) in [7, 11) is 1.91. The lowest BCUT2D eigenvalue weighted by Crippen LogP contribution is -2.13. The lowest BCUT2D eigenvalue weighted by molar-refractivity contribution is 0.100. The Balaban J connectivity index is 1.81. The van der Waals surface area contributed by atoms with E-state index >= 15 is 0 Å². The molecule has 0 saturated carbocycles. The molecule has 0 bridgehead atoms. The number of nitrogens with zero attached hydrogens (tertiary/aromatic N) is 2. The number of hydrogen-bond donors (Lipinski definition) is 1. The summed E-state index contributed by atoms with van der Waals surface area (Å²) in [6.07, 6.45) is 4.65. The number of hydrogen-bond acceptors (Lipinski definition) is 4. The van der Waals surface area contributed by atoms with Crippen LogP contribution in [0, 0.1) is 0 Å². The Kier molecular flexibility index (Phi) is 3.84. The molecule has 0 atom stereocenters. The molecule has 0 aliphatic heterocycles. The van der Waals surface area contributed by atoms with Gasteiger partial charge in [-0.1, -0.05) is 30.4 Å². The van der Waals surface area contributed by atoms with Crippen LogP contribution >= 0.6 is 11.3 Å². The lowest BCUT2D eigenvalue weighted by atomic mass is 9.92. The Bertz CT molecular complexity index is 954. The smallest absolute Gasteiger partial charge is 0.259 e. The van der Waals surface area contributed by atoms with Gasteiger partial charge in [-0.3, -0.25) is 9.48 Å². The van der Waals surface area contributed by atoms with Crippen LogP contribution in [0.2, 0.25) is 0 Å². The van der Waals surface area contributed by atoms with Crippen LogP contribution in [0.15, 0.2) is 30.5 Å². The number of fused-ring (bicyclic) bond motifs is 3. The van der Waals surface area contributed by atoms with Crippen molar-refractivity contribution in [2.24, 2.45) is 12.8 Å². The van der Waals surface area contributed by atoms with Crippen LogP contribution in [0.5, 0.6) is 10.8 Å². The van der Waals surface area contributed by atoms with Gasteiger partial charge in [-0.25, -0.2) is 0 Å². The van der Waals surface area contributed by atoms with E-state index in [2.05, 4.69) is 24.2 Å².